The van der Waals surface area contributed by atoms with Gasteiger partial charge in [0.2, 0.25) is 0 Å². The van der Waals surface area contributed by atoms with Gasteiger partial charge in [0.25, 0.3) is 0 Å². The van der Waals surface area contributed by atoms with E-state index in [-0.39, 0.29) is 0 Å². The summed E-state index contributed by atoms with van der Waals surface area (Å²) in [5.41, 5.74) is 5.49. The van der Waals surface area contributed by atoms with Crippen LogP contribution in [0.1, 0.15) is 0 Å². The predicted octanol–water partition coefficient (Wildman–Crippen LogP) is 13.6. The molecule has 0 bridgehead atoms. The topological polar surface area (TPSA) is 38.7 Å². The molecule has 0 N–H and O–H groups in total. The van der Waals surface area contributed by atoms with Gasteiger partial charge in [-0.1, -0.05) is 115 Å². The van der Waals surface area contributed by atoms with Crippen LogP contribution in [0.15, 0.2) is 152 Å². The molecule has 0 saturated heterocycles. The molecule has 0 amide bonds. The zero-order valence-electron chi connectivity index (χ0n) is 27.0. The van der Waals surface area contributed by atoms with Gasteiger partial charge < -0.3 is 0 Å². The lowest BCUT2D eigenvalue weighted by Crippen LogP contribution is -2.00. The monoisotopic (exact) mass is 703 g/mol. The number of thiophene rings is 3. The smallest absolute Gasteiger partial charge is 0.164 e. The molecule has 51 heavy (non-hydrogen) atoms. The highest BCUT2D eigenvalue weighted by Crippen LogP contribution is 2.46. The lowest BCUT2D eigenvalue weighted by Gasteiger charge is -2.09. The number of fused-ring (bicyclic) bond motifs is 9. The van der Waals surface area contributed by atoms with E-state index >= 15 is 0 Å². The molecule has 4 heterocycles. The Morgan fingerprint density at radius 1 is 0.294 bits per heavy atom. The molecule has 0 aliphatic carbocycles. The van der Waals surface area contributed by atoms with Crippen LogP contribution in [0.25, 0.3) is 106 Å². The number of hydrogen-bond acceptors (Lipinski definition) is 6. The fourth-order valence-corrected chi connectivity index (χ4v) is 10.9. The molecule has 0 aliphatic rings. The van der Waals surface area contributed by atoms with Crippen LogP contribution >= 0.6 is 34.0 Å². The Morgan fingerprint density at radius 2 is 0.784 bits per heavy atom. The van der Waals surface area contributed by atoms with Crippen LogP contribution in [0, 0.1) is 0 Å². The molecule has 238 valence electrons. The molecular weight excluding hydrogens is 679 g/mol. The molecule has 0 spiro atoms. The van der Waals surface area contributed by atoms with Crippen LogP contribution in [0.5, 0.6) is 0 Å². The molecule has 11 rings (SSSR count). The van der Waals surface area contributed by atoms with Crippen LogP contribution in [0.2, 0.25) is 0 Å². The first-order valence-corrected chi connectivity index (χ1v) is 19.3. The van der Waals surface area contributed by atoms with Crippen molar-refractivity contribution in [1.29, 1.82) is 0 Å². The van der Waals surface area contributed by atoms with Crippen LogP contribution in [0.4, 0.5) is 0 Å². The minimum Gasteiger partial charge on any atom is -0.208 e. The van der Waals surface area contributed by atoms with Gasteiger partial charge in [0, 0.05) is 88.3 Å². The van der Waals surface area contributed by atoms with E-state index in [0.29, 0.717) is 17.5 Å². The van der Waals surface area contributed by atoms with Crippen molar-refractivity contribution in [1.82, 2.24) is 15.0 Å². The van der Waals surface area contributed by atoms with E-state index < -0.39 is 0 Å². The average Bonchev–Trinajstić information content (AvgIpc) is 3.89. The Labute approximate surface area is 304 Å². The third-order valence-corrected chi connectivity index (χ3v) is 13.3. The molecule has 7 aromatic carbocycles. The first-order valence-electron chi connectivity index (χ1n) is 16.8. The standard InChI is InChI=1S/C45H25N3S3/c1-2-10-26(11-3-1)43-46-44(27-21-23-39-36(24-27)30-13-5-6-18-37(30)49-39)48-45(47-43)28-20-22-31-33-15-9-17-35(42(33)51-40(31)25-28)34-16-8-14-32-29-12-4-7-19-38(29)50-41(32)34/h1-25H. The van der Waals surface area contributed by atoms with Crippen molar-refractivity contribution in [2.24, 2.45) is 0 Å². The lowest BCUT2D eigenvalue weighted by atomic mass is 10.0. The summed E-state index contributed by atoms with van der Waals surface area (Å²) < 4.78 is 7.72. The van der Waals surface area contributed by atoms with E-state index in [1.807, 2.05) is 52.2 Å². The van der Waals surface area contributed by atoms with Gasteiger partial charge in [-0.3, -0.25) is 0 Å². The third-order valence-electron chi connectivity index (χ3n) is 9.75. The van der Waals surface area contributed by atoms with Crippen LogP contribution in [0.3, 0.4) is 0 Å². The molecule has 0 saturated carbocycles. The normalized spacial score (nSPS) is 11.9. The number of rotatable bonds is 4. The lowest BCUT2D eigenvalue weighted by molar-refractivity contribution is 1.08. The number of aromatic nitrogens is 3. The van der Waals surface area contributed by atoms with Crippen LogP contribution in [-0.2, 0) is 0 Å². The van der Waals surface area contributed by atoms with Crippen molar-refractivity contribution in [3.63, 3.8) is 0 Å². The molecule has 0 unspecified atom stereocenters. The largest absolute Gasteiger partial charge is 0.208 e. The summed E-state index contributed by atoms with van der Waals surface area (Å²) in [7, 11) is 0. The molecule has 6 heteroatoms. The summed E-state index contributed by atoms with van der Waals surface area (Å²) in [4.78, 5) is 15.2. The highest BCUT2D eigenvalue weighted by molar-refractivity contribution is 7.27. The Morgan fingerprint density at radius 3 is 1.49 bits per heavy atom. The van der Waals surface area contributed by atoms with Crippen LogP contribution in [-0.4, -0.2) is 15.0 Å². The van der Waals surface area contributed by atoms with E-state index in [2.05, 4.69) is 133 Å². The molecule has 3 nitrogen and oxygen atoms in total. The Hall–Kier alpha value is -5.79. The third kappa shape index (κ3) is 4.65. The van der Waals surface area contributed by atoms with Gasteiger partial charge in [0.15, 0.2) is 17.5 Å². The van der Waals surface area contributed by atoms with Crippen LogP contribution < -0.4 is 0 Å². The SMILES string of the molecule is c1ccc(-c2nc(-c3ccc4c(c3)sc3c(-c5cccc6c5sc5ccccc56)cccc34)nc(-c3ccc4sc5ccccc5c4c3)n2)cc1. The summed E-state index contributed by atoms with van der Waals surface area (Å²) in [5.74, 6) is 2.01. The van der Waals surface area contributed by atoms with Gasteiger partial charge in [0.1, 0.15) is 0 Å². The zero-order chi connectivity index (χ0) is 33.5. The Balaban J connectivity index is 1.08. The van der Waals surface area contributed by atoms with E-state index in [0.717, 1.165) is 16.7 Å². The van der Waals surface area contributed by atoms with E-state index in [9.17, 15) is 0 Å². The molecular formula is C45H25N3S3. The fraction of sp³-hybridized carbons (Fsp3) is 0. The van der Waals surface area contributed by atoms with Crippen molar-refractivity contribution in [3.8, 4) is 45.3 Å². The van der Waals surface area contributed by atoms with Gasteiger partial charge in [-0.25, -0.2) is 15.0 Å². The number of hydrogen-bond donors (Lipinski definition) is 0. The molecule has 11 aromatic rings. The number of benzene rings is 7. The molecule has 0 fully saturated rings. The summed E-state index contributed by atoms with van der Waals surface area (Å²) in [6.45, 7) is 0. The summed E-state index contributed by atoms with van der Waals surface area (Å²) in [6.07, 6.45) is 0. The van der Waals surface area contributed by atoms with Crippen molar-refractivity contribution < 1.29 is 0 Å². The van der Waals surface area contributed by atoms with Crippen molar-refractivity contribution in [2.75, 3.05) is 0 Å². The second kappa shape index (κ2) is 11.4. The van der Waals surface area contributed by atoms with E-state index in [1.165, 1.54) is 71.6 Å². The van der Waals surface area contributed by atoms with Gasteiger partial charge in [-0.05, 0) is 36.4 Å². The summed E-state index contributed by atoms with van der Waals surface area (Å²) >= 11 is 5.55. The first kappa shape index (κ1) is 29.0. The predicted molar refractivity (Wildman–Crippen MR) is 220 cm³/mol. The maximum absolute atomic E-state index is 5.14. The average molecular weight is 704 g/mol. The minimum atomic E-state index is 0.668. The molecule has 0 radical (unpaired) electrons. The summed E-state index contributed by atoms with van der Waals surface area (Å²) in [5, 5.41) is 7.65. The second-order valence-electron chi connectivity index (χ2n) is 12.8. The highest BCUT2D eigenvalue weighted by atomic mass is 32.1. The van der Waals surface area contributed by atoms with Gasteiger partial charge in [0.05, 0.1) is 0 Å². The van der Waals surface area contributed by atoms with Gasteiger partial charge in [-0.2, -0.15) is 0 Å². The fourth-order valence-electron chi connectivity index (χ4n) is 7.32. The highest BCUT2D eigenvalue weighted by Gasteiger charge is 2.18. The van der Waals surface area contributed by atoms with Gasteiger partial charge >= 0.3 is 0 Å². The Bertz CT molecular complexity index is 3150. The first-order chi connectivity index (χ1) is 25.2. The van der Waals surface area contributed by atoms with Crippen molar-refractivity contribution in [2.45, 2.75) is 0 Å². The van der Waals surface area contributed by atoms with E-state index in [4.69, 9.17) is 15.0 Å². The van der Waals surface area contributed by atoms with Crippen molar-refractivity contribution >= 4 is 94.5 Å². The molecule has 0 atom stereocenters. The number of nitrogens with zero attached hydrogens (tertiary/aromatic N) is 3. The van der Waals surface area contributed by atoms with Gasteiger partial charge in [-0.15, -0.1) is 34.0 Å². The van der Waals surface area contributed by atoms with E-state index in [1.54, 1.807) is 0 Å². The Kier molecular flexibility index (Phi) is 6.46. The quantitative estimate of drug-likeness (QED) is 0.183. The van der Waals surface area contributed by atoms with Crippen molar-refractivity contribution in [3.05, 3.63) is 152 Å². The second-order valence-corrected chi connectivity index (χ2v) is 15.9. The maximum atomic E-state index is 5.14. The maximum Gasteiger partial charge on any atom is 0.164 e. The minimum absolute atomic E-state index is 0.668. The zero-order valence-corrected chi connectivity index (χ0v) is 29.4. The summed E-state index contributed by atoms with van der Waals surface area (Å²) in [6, 6.07) is 54.2. The molecule has 4 aromatic heterocycles. The molecule has 0 aliphatic heterocycles.